The number of aromatic hydroxyl groups is 1. The summed E-state index contributed by atoms with van der Waals surface area (Å²) in [4.78, 5) is 12.5. The van der Waals surface area contributed by atoms with Gasteiger partial charge in [0.1, 0.15) is 11.6 Å². The molecule has 1 amide bonds. The van der Waals surface area contributed by atoms with E-state index in [2.05, 4.69) is 5.32 Å². The molecule has 0 fully saturated rings. The third kappa shape index (κ3) is 4.30. The molecule has 0 aliphatic rings. The number of carbonyl (C=O) groups excluding carboxylic acids is 1. The van der Waals surface area contributed by atoms with E-state index in [9.17, 15) is 9.18 Å². The summed E-state index contributed by atoms with van der Waals surface area (Å²) < 4.78 is 12.9. The van der Waals surface area contributed by atoms with Crippen molar-refractivity contribution in [1.29, 1.82) is 0 Å². The molecule has 98 valence electrons. The molecule has 0 atom stereocenters. The van der Waals surface area contributed by atoms with Crippen LogP contribution in [0.3, 0.4) is 0 Å². The first kappa shape index (κ1) is 13.4. The minimum absolute atomic E-state index is 0.188. The first-order valence-electron chi connectivity index (χ1n) is 5.61. The third-order valence-electron chi connectivity index (χ3n) is 2.32. The van der Waals surface area contributed by atoms with E-state index in [4.69, 9.17) is 5.11 Å². The van der Waals surface area contributed by atoms with Crippen LogP contribution in [0.1, 0.15) is 0 Å². The molecule has 0 saturated carbocycles. The molecule has 0 aliphatic heterocycles. The summed E-state index contributed by atoms with van der Waals surface area (Å²) in [6, 6.07) is 12.3. The van der Waals surface area contributed by atoms with E-state index in [1.165, 1.54) is 30.0 Å². The molecule has 19 heavy (non-hydrogen) atoms. The zero-order valence-electron chi connectivity index (χ0n) is 9.97. The number of benzene rings is 2. The summed E-state index contributed by atoms with van der Waals surface area (Å²) in [5.74, 6) is -0.178. The smallest absolute Gasteiger partial charge is 0.234 e. The Bertz CT molecular complexity index is 572. The quantitative estimate of drug-likeness (QED) is 0.843. The fourth-order valence-corrected chi connectivity index (χ4v) is 2.15. The number of hydrogen-bond donors (Lipinski definition) is 2. The largest absolute Gasteiger partial charge is 0.508 e. The molecule has 2 N–H and O–H groups in total. The second-order valence-corrected chi connectivity index (χ2v) is 4.89. The highest BCUT2D eigenvalue weighted by Crippen LogP contribution is 2.20. The number of halogens is 1. The third-order valence-corrected chi connectivity index (χ3v) is 3.33. The Morgan fingerprint density at radius 2 is 1.95 bits per heavy atom. The van der Waals surface area contributed by atoms with Crippen molar-refractivity contribution in [2.75, 3.05) is 11.1 Å². The van der Waals surface area contributed by atoms with Gasteiger partial charge in [-0.1, -0.05) is 6.07 Å². The maximum absolute atomic E-state index is 12.9. The van der Waals surface area contributed by atoms with Crippen LogP contribution in [-0.4, -0.2) is 16.8 Å². The van der Waals surface area contributed by atoms with Crippen LogP contribution in [0.15, 0.2) is 53.4 Å². The van der Waals surface area contributed by atoms with Crippen molar-refractivity contribution >= 4 is 23.4 Å². The predicted octanol–water partition coefficient (Wildman–Crippen LogP) is 3.26. The average Bonchev–Trinajstić information content (AvgIpc) is 2.38. The average molecular weight is 277 g/mol. The zero-order valence-corrected chi connectivity index (χ0v) is 10.8. The maximum atomic E-state index is 12.9. The lowest BCUT2D eigenvalue weighted by Gasteiger charge is -2.05. The van der Waals surface area contributed by atoms with Crippen molar-refractivity contribution in [2.45, 2.75) is 4.90 Å². The number of nitrogens with one attached hydrogen (secondary N) is 1. The van der Waals surface area contributed by atoms with Crippen LogP contribution in [0.5, 0.6) is 5.75 Å². The van der Waals surface area contributed by atoms with E-state index < -0.39 is 0 Å². The van der Waals surface area contributed by atoms with Gasteiger partial charge in [-0.15, -0.1) is 11.8 Å². The molecule has 0 aliphatic carbocycles. The number of thioether (sulfide) groups is 1. The normalized spacial score (nSPS) is 10.2. The van der Waals surface area contributed by atoms with Crippen molar-refractivity contribution in [3.05, 3.63) is 54.3 Å². The number of phenolic OH excluding ortho intramolecular Hbond substituents is 1. The fourth-order valence-electron chi connectivity index (χ4n) is 1.45. The Hall–Kier alpha value is -2.01. The predicted molar refractivity (Wildman–Crippen MR) is 73.9 cm³/mol. The van der Waals surface area contributed by atoms with Gasteiger partial charge in [-0.2, -0.15) is 0 Å². The highest BCUT2D eigenvalue weighted by atomic mass is 32.2. The standard InChI is InChI=1S/C14H12FNO2S/c15-10-2-1-3-11(8-10)16-14(18)9-19-13-6-4-12(17)5-7-13/h1-8,17H,9H2,(H,16,18). The molecule has 2 aromatic carbocycles. The molecule has 2 rings (SSSR count). The van der Waals surface area contributed by atoms with Crippen LogP contribution < -0.4 is 5.32 Å². The van der Waals surface area contributed by atoms with Crippen LogP contribution in [-0.2, 0) is 4.79 Å². The number of hydrogen-bond acceptors (Lipinski definition) is 3. The first-order valence-corrected chi connectivity index (χ1v) is 6.59. The molecule has 3 nitrogen and oxygen atoms in total. The van der Waals surface area contributed by atoms with E-state index in [0.29, 0.717) is 5.69 Å². The summed E-state index contributed by atoms with van der Waals surface area (Å²) >= 11 is 1.34. The molecule has 0 spiro atoms. The number of amides is 1. The van der Waals surface area contributed by atoms with Gasteiger partial charge in [0.2, 0.25) is 5.91 Å². The van der Waals surface area contributed by atoms with E-state index in [0.717, 1.165) is 4.90 Å². The Balaban J connectivity index is 1.86. The van der Waals surface area contributed by atoms with Crippen molar-refractivity contribution in [3.63, 3.8) is 0 Å². The Labute approximate surface area is 114 Å². The van der Waals surface area contributed by atoms with E-state index >= 15 is 0 Å². The lowest BCUT2D eigenvalue weighted by Crippen LogP contribution is -2.13. The van der Waals surface area contributed by atoms with Crippen molar-refractivity contribution in [3.8, 4) is 5.75 Å². The van der Waals surface area contributed by atoms with E-state index in [1.807, 2.05) is 0 Å². The lowest BCUT2D eigenvalue weighted by molar-refractivity contribution is -0.113. The van der Waals surface area contributed by atoms with Crippen LogP contribution in [0, 0.1) is 5.82 Å². The van der Waals surface area contributed by atoms with Gasteiger partial charge in [0, 0.05) is 10.6 Å². The summed E-state index contributed by atoms with van der Waals surface area (Å²) in [6.07, 6.45) is 0. The molecular weight excluding hydrogens is 265 g/mol. The summed E-state index contributed by atoms with van der Waals surface area (Å²) in [6.45, 7) is 0. The van der Waals surface area contributed by atoms with Gasteiger partial charge in [-0.25, -0.2) is 4.39 Å². The van der Waals surface area contributed by atoms with Crippen LogP contribution in [0.4, 0.5) is 10.1 Å². The Morgan fingerprint density at radius 3 is 2.63 bits per heavy atom. The molecule has 0 unspecified atom stereocenters. The summed E-state index contributed by atoms with van der Waals surface area (Å²) in [7, 11) is 0. The SMILES string of the molecule is O=C(CSc1ccc(O)cc1)Nc1cccc(F)c1. The number of phenols is 1. The Kier molecular flexibility index (Phi) is 4.41. The van der Waals surface area contributed by atoms with Gasteiger partial charge in [0.25, 0.3) is 0 Å². The van der Waals surface area contributed by atoms with Gasteiger partial charge in [-0.05, 0) is 42.5 Å². The minimum atomic E-state index is -0.385. The molecule has 0 saturated heterocycles. The fraction of sp³-hybridized carbons (Fsp3) is 0.0714. The molecule has 0 radical (unpaired) electrons. The van der Waals surface area contributed by atoms with Gasteiger partial charge in [0.15, 0.2) is 0 Å². The van der Waals surface area contributed by atoms with Crippen LogP contribution in [0.2, 0.25) is 0 Å². The highest BCUT2D eigenvalue weighted by molar-refractivity contribution is 8.00. The highest BCUT2D eigenvalue weighted by Gasteiger charge is 2.04. The maximum Gasteiger partial charge on any atom is 0.234 e. The molecule has 2 aromatic rings. The van der Waals surface area contributed by atoms with Crippen molar-refractivity contribution in [1.82, 2.24) is 0 Å². The topological polar surface area (TPSA) is 49.3 Å². The number of rotatable bonds is 4. The number of carbonyl (C=O) groups is 1. The molecule has 0 heterocycles. The zero-order chi connectivity index (χ0) is 13.7. The lowest BCUT2D eigenvalue weighted by atomic mass is 10.3. The minimum Gasteiger partial charge on any atom is -0.508 e. The molecule has 0 aromatic heterocycles. The van der Waals surface area contributed by atoms with E-state index in [-0.39, 0.29) is 23.2 Å². The van der Waals surface area contributed by atoms with Gasteiger partial charge >= 0.3 is 0 Å². The van der Waals surface area contributed by atoms with Crippen LogP contribution in [0.25, 0.3) is 0 Å². The van der Waals surface area contributed by atoms with Crippen molar-refractivity contribution in [2.24, 2.45) is 0 Å². The number of anilines is 1. The van der Waals surface area contributed by atoms with Crippen molar-refractivity contribution < 1.29 is 14.3 Å². The second-order valence-electron chi connectivity index (χ2n) is 3.84. The van der Waals surface area contributed by atoms with Gasteiger partial charge < -0.3 is 10.4 Å². The van der Waals surface area contributed by atoms with Gasteiger partial charge in [-0.3, -0.25) is 4.79 Å². The molecular formula is C14H12FNO2S. The Morgan fingerprint density at radius 1 is 1.21 bits per heavy atom. The van der Waals surface area contributed by atoms with E-state index in [1.54, 1.807) is 30.3 Å². The summed E-state index contributed by atoms with van der Waals surface area (Å²) in [5.41, 5.74) is 0.441. The monoisotopic (exact) mass is 277 g/mol. The van der Waals surface area contributed by atoms with Crippen LogP contribution >= 0.6 is 11.8 Å². The second kappa shape index (κ2) is 6.24. The first-order chi connectivity index (χ1) is 9.13. The summed E-state index contributed by atoms with van der Waals surface area (Å²) in [5, 5.41) is 11.7. The van der Waals surface area contributed by atoms with Gasteiger partial charge in [0.05, 0.1) is 5.75 Å². The molecule has 0 bridgehead atoms. The molecule has 5 heteroatoms.